The lowest BCUT2D eigenvalue weighted by molar-refractivity contribution is -0.144. The zero-order chi connectivity index (χ0) is 51.0. The maximum atomic E-state index is 14.5. The number of carbonyl (C=O) groups excluding carboxylic acids is 5. The SMILES string of the molecule is CCCCCCCCCc1ccc(-c2ccc(C(=O)NCCC(=O)N[C@@H](CCCCN)C(=O)N(C)[C@@H]3C(=O)N[C@@H](C)C(=O)N[C@H](C(=O)O)Cc4ccc(O)c(c4)-c4cc3ccc4O)c3ccccc23)cc1. The number of carbonyl (C=O) groups is 6. The van der Waals surface area contributed by atoms with Crippen LogP contribution in [0.15, 0.2) is 97.1 Å². The summed E-state index contributed by atoms with van der Waals surface area (Å²) >= 11 is 0. The number of unbranched alkanes of at least 4 members (excludes halogenated alkanes) is 7. The average molecular weight is 969 g/mol. The fourth-order valence-electron chi connectivity index (χ4n) is 9.17. The fourth-order valence-corrected chi connectivity index (χ4v) is 9.17. The molecule has 0 aromatic heterocycles. The number of phenols is 2. The number of likely N-dealkylation sites (N-methyl/N-ethyl adjacent to an activating group) is 1. The molecule has 0 radical (unpaired) electrons. The minimum Gasteiger partial charge on any atom is -0.507 e. The molecule has 1 aliphatic heterocycles. The highest BCUT2D eigenvalue weighted by Crippen LogP contribution is 2.39. The van der Waals surface area contributed by atoms with Crippen LogP contribution in [0, 0.1) is 0 Å². The number of benzene rings is 5. The minimum atomic E-state index is -1.45. The van der Waals surface area contributed by atoms with E-state index in [0.29, 0.717) is 30.5 Å². The second kappa shape index (κ2) is 25.6. The van der Waals surface area contributed by atoms with Crippen molar-refractivity contribution in [1.29, 1.82) is 0 Å². The van der Waals surface area contributed by atoms with Gasteiger partial charge < -0.3 is 47.2 Å². The highest BCUT2D eigenvalue weighted by molar-refractivity contribution is 6.11. The molecule has 0 fully saturated rings. The van der Waals surface area contributed by atoms with Crippen molar-refractivity contribution in [3.8, 4) is 33.8 Å². The third-order valence-corrected chi connectivity index (χ3v) is 13.2. The smallest absolute Gasteiger partial charge is 0.326 e. The number of rotatable bonds is 21. The Bertz CT molecular complexity index is 2690. The van der Waals surface area contributed by atoms with Gasteiger partial charge in [-0.15, -0.1) is 0 Å². The maximum Gasteiger partial charge on any atom is 0.326 e. The van der Waals surface area contributed by atoms with Crippen molar-refractivity contribution >= 4 is 46.3 Å². The molecular weight excluding hydrogens is 901 g/mol. The van der Waals surface area contributed by atoms with Crippen molar-refractivity contribution in [2.45, 2.75) is 121 Å². The number of hydrogen-bond donors (Lipinski definition) is 8. The number of carboxylic acids is 1. The summed E-state index contributed by atoms with van der Waals surface area (Å²) in [6, 6.07) is 23.3. The molecule has 5 aromatic rings. The number of aromatic hydroxyl groups is 2. The number of fused-ring (bicyclic) bond motifs is 6. The van der Waals surface area contributed by atoms with Crippen LogP contribution in [0.25, 0.3) is 33.0 Å². The molecule has 376 valence electrons. The van der Waals surface area contributed by atoms with Crippen LogP contribution in [-0.2, 0) is 36.8 Å². The van der Waals surface area contributed by atoms with Crippen molar-refractivity contribution in [2.75, 3.05) is 20.1 Å². The molecule has 71 heavy (non-hydrogen) atoms. The second-order valence-corrected chi connectivity index (χ2v) is 18.5. The van der Waals surface area contributed by atoms with E-state index < -0.39 is 53.8 Å². The largest absolute Gasteiger partial charge is 0.507 e. The summed E-state index contributed by atoms with van der Waals surface area (Å²) in [5, 5.41) is 44.3. The molecule has 15 nitrogen and oxygen atoms in total. The van der Waals surface area contributed by atoms with Gasteiger partial charge in [0.1, 0.15) is 35.7 Å². The fraction of sp³-hybridized carbons (Fsp3) is 0.393. The van der Waals surface area contributed by atoms with E-state index in [4.69, 9.17) is 5.73 Å². The highest BCUT2D eigenvalue weighted by Gasteiger charge is 2.36. The Balaban J connectivity index is 1.15. The number of hydrogen-bond acceptors (Lipinski definition) is 9. The van der Waals surface area contributed by atoms with Gasteiger partial charge in [0, 0.05) is 43.1 Å². The van der Waals surface area contributed by atoms with Crippen LogP contribution in [0.2, 0.25) is 0 Å². The van der Waals surface area contributed by atoms with Gasteiger partial charge in [-0.1, -0.05) is 112 Å². The van der Waals surface area contributed by atoms with Crippen LogP contribution in [0.5, 0.6) is 11.5 Å². The van der Waals surface area contributed by atoms with Gasteiger partial charge in [0.15, 0.2) is 0 Å². The van der Waals surface area contributed by atoms with E-state index in [0.717, 1.165) is 33.2 Å². The van der Waals surface area contributed by atoms with Gasteiger partial charge in [0.2, 0.25) is 23.6 Å². The summed E-state index contributed by atoms with van der Waals surface area (Å²) in [5.74, 6) is -5.01. The summed E-state index contributed by atoms with van der Waals surface area (Å²) in [5.41, 5.74) is 10.4. The molecule has 1 aliphatic rings. The first-order chi connectivity index (χ1) is 34.2. The Morgan fingerprint density at radius 2 is 1.44 bits per heavy atom. The van der Waals surface area contributed by atoms with E-state index in [1.807, 2.05) is 30.3 Å². The van der Waals surface area contributed by atoms with Crippen LogP contribution >= 0.6 is 0 Å². The van der Waals surface area contributed by atoms with E-state index in [2.05, 4.69) is 52.5 Å². The van der Waals surface area contributed by atoms with Crippen LogP contribution in [0.4, 0.5) is 0 Å². The van der Waals surface area contributed by atoms with E-state index in [9.17, 15) is 44.1 Å². The van der Waals surface area contributed by atoms with Crippen molar-refractivity contribution in [3.05, 3.63) is 119 Å². The standard InChI is InChI=1S/C56H68N6O9/c1-4-5-6-7-8-9-10-15-36-19-22-38(23-20-36)40-25-26-43(42-17-12-11-16-41(40)42)53(67)58-31-29-50(65)60-46(18-13-14-30-57)55(69)62(3)51-39-24-28-49(64)45(34-39)44-32-37(21-27-48(44)63)33-47(56(70)71)61-52(66)35(2)59-54(51)68/h11-12,16-17,19-28,32,34-35,46-47,51,63-64H,4-10,13-15,18,29-31,33,57H2,1-3H3,(H,58,67)(H,59,68)(H,60,65)(H,61,66)(H,70,71)/t35-,46-,47-,51-/m0/s1. The topological polar surface area (TPSA) is 240 Å². The summed E-state index contributed by atoms with van der Waals surface area (Å²) in [6.07, 6.45) is 10.7. The van der Waals surface area contributed by atoms with Gasteiger partial charge in [-0.25, -0.2) is 4.79 Å². The van der Waals surface area contributed by atoms with Gasteiger partial charge in [0.05, 0.1) is 0 Å². The normalized spacial score (nSPS) is 16.3. The third kappa shape index (κ3) is 14.0. The number of nitrogens with two attached hydrogens (primary N) is 1. The van der Waals surface area contributed by atoms with Crippen LogP contribution in [-0.4, -0.2) is 94.0 Å². The third-order valence-electron chi connectivity index (χ3n) is 13.2. The summed E-state index contributed by atoms with van der Waals surface area (Å²) < 4.78 is 0. The maximum absolute atomic E-state index is 14.5. The molecule has 15 heteroatoms. The van der Waals surface area contributed by atoms with Crippen molar-refractivity contribution in [3.63, 3.8) is 0 Å². The molecule has 0 saturated heterocycles. The molecule has 6 rings (SSSR count). The Hall–Kier alpha value is -7.26. The molecule has 5 aromatic carbocycles. The minimum absolute atomic E-state index is 0.0431. The van der Waals surface area contributed by atoms with Gasteiger partial charge >= 0.3 is 5.97 Å². The Morgan fingerprint density at radius 1 is 0.761 bits per heavy atom. The molecule has 0 saturated carbocycles. The zero-order valence-corrected chi connectivity index (χ0v) is 41.0. The molecule has 4 atom stereocenters. The molecule has 1 heterocycles. The van der Waals surface area contributed by atoms with Crippen LogP contribution in [0.1, 0.15) is 118 Å². The molecule has 0 unspecified atom stereocenters. The van der Waals surface area contributed by atoms with Gasteiger partial charge in [-0.3, -0.25) is 24.0 Å². The van der Waals surface area contributed by atoms with E-state index in [1.54, 1.807) is 6.07 Å². The highest BCUT2D eigenvalue weighted by atomic mass is 16.4. The van der Waals surface area contributed by atoms with Crippen LogP contribution in [0.3, 0.4) is 0 Å². The lowest BCUT2D eigenvalue weighted by Crippen LogP contribution is -2.54. The number of nitrogens with one attached hydrogen (secondary N) is 4. The number of aryl methyl sites for hydroxylation is 1. The predicted molar refractivity (Wildman–Crippen MR) is 274 cm³/mol. The van der Waals surface area contributed by atoms with Crippen LogP contribution < -0.4 is 27.0 Å². The summed E-state index contributed by atoms with van der Waals surface area (Å²) in [4.78, 5) is 82.8. The molecule has 0 aliphatic carbocycles. The lowest BCUT2D eigenvalue weighted by atomic mass is 9.93. The number of amides is 5. The monoisotopic (exact) mass is 969 g/mol. The molecular formula is C56H68N6O9. The number of nitrogens with zero attached hydrogens (tertiary/aromatic N) is 1. The average Bonchev–Trinajstić information content (AvgIpc) is 3.36. The molecule has 5 amide bonds. The predicted octanol–water partition coefficient (Wildman–Crippen LogP) is 7.44. The Kier molecular flexibility index (Phi) is 19.1. The summed E-state index contributed by atoms with van der Waals surface area (Å²) in [7, 11) is 1.37. The van der Waals surface area contributed by atoms with Gasteiger partial charge in [-0.2, -0.15) is 0 Å². The quantitative estimate of drug-likeness (QED) is 0.0338. The molecule has 4 bridgehead atoms. The number of aliphatic carboxylic acids is 1. The summed E-state index contributed by atoms with van der Waals surface area (Å²) in [6.45, 7) is 3.90. The first-order valence-corrected chi connectivity index (χ1v) is 24.8. The van der Waals surface area contributed by atoms with E-state index in [1.165, 1.54) is 101 Å². The van der Waals surface area contributed by atoms with Gasteiger partial charge in [0.25, 0.3) is 5.91 Å². The van der Waals surface area contributed by atoms with E-state index in [-0.39, 0.29) is 59.9 Å². The Morgan fingerprint density at radius 3 is 2.14 bits per heavy atom. The van der Waals surface area contributed by atoms with Gasteiger partial charge in [-0.05, 0) is 114 Å². The number of carboxylic acid groups (broad SMARTS) is 1. The van der Waals surface area contributed by atoms with Crippen molar-refractivity contribution in [1.82, 2.24) is 26.2 Å². The zero-order valence-electron chi connectivity index (χ0n) is 41.0. The number of phenolic OH excluding ortho intramolecular Hbond substituents is 2. The molecule has 9 N–H and O–H groups in total. The first-order valence-electron chi connectivity index (χ1n) is 24.8. The molecule has 0 spiro atoms. The first kappa shape index (κ1) is 53.1. The Labute approximate surface area is 415 Å². The lowest BCUT2D eigenvalue weighted by Gasteiger charge is -2.32. The second-order valence-electron chi connectivity index (χ2n) is 18.5. The van der Waals surface area contributed by atoms with Crippen molar-refractivity contribution in [2.24, 2.45) is 5.73 Å². The van der Waals surface area contributed by atoms with E-state index >= 15 is 0 Å². The van der Waals surface area contributed by atoms with Crippen molar-refractivity contribution < 1.29 is 44.1 Å².